The Balaban J connectivity index is 2.95. The van der Waals surface area contributed by atoms with Gasteiger partial charge in [-0.3, -0.25) is 5.10 Å². The van der Waals surface area contributed by atoms with Gasteiger partial charge in [-0.25, -0.2) is 0 Å². The summed E-state index contributed by atoms with van der Waals surface area (Å²) in [4.78, 5) is 0. The minimum atomic E-state index is 0.343. The molecule has 2 aromatic rings. The van der Waals surface area contributed by atoms with Crippen molar-refractivity contribution in [3.63, 3.8) is 0 Å². The van der Waals surface area contributed by atoms with Gasteiger partial charge in [0.15, 0.2) is 5.69 Å². The maximum atomic E-state index is 8.66. The van der Waals surface area contributed by atoms with Crippen LogP contribution >= 0.6 is 11.6 Å². The van der Waals surface area contributed by atoms with Crippen LogP contribution in [0.3, 0.4) is 0 Å². The van der Waals surface area contributed by atoms with E-state index in [2.05, 4.69) is 10.2 Å². The standard InChI is InChI=1S/C8H4ClN3/c9-5-2-1-3-6-8(5)7(4-10)12-11-6/h1-3H,(H,11,12). The maximum absolute atomic E-state index is 8.66. The first-order valence-corrected chi connectivity index (χ1v) is 3.73. The molecule has 0 radical (unpaired) electrons. The first-order chi connectivity index (χ1) is 5.83. The summed E-state index contributed by atoms with van der Waals surface area (Å²) in [5, 5.41) is 16.4. The Hall–Kier alpha value is -1.53. The molecular formula is C8H4ClN3. The van der Waals surface area contributed by atoms with Gasteiger partial charge in [0.25, 0.3) is 0 Å². The number of nitriles is 1. The summed E-state index contributed by atoms with van der Waals surface area (Å²) in [5.41, 5.74) is 1.13. The van der Waals surface area contributed by atoms with Gasteiger partial charge >= 0.3 is 0 Å². The third-order valence-electron chi connectivity index (χ3n) is 1.64. The highest BCUT2D eigenvalue weighted by molar-refractivity contribution is 6.35. The fourth-order valence-corrected chi connectivity index (χ4v) is 1.37. The number of benzene rings is 1. The second kappa shape index (κ2) is 2.50. The van der Waals surface area contributed by atoms with E-state index in [0.29, 0.717) is 16.1 Å². The third kappa shape index (κ3) is 0.858. The van der Waals surface area contributed by atoms with Gasteiger partial charge in [-0.1, -0.05) is 17.7 Å². The number of nitrogens with zero attached hydrogens (tertiary/aromatic N) is 2. The lowest BCUT2D eigenvalue weighted by molar-refractivity contribution is 1.10. The summed E-state index contributed by atoms with van der Waals surface area (Å²) in [5.74, 6) is 0. The zero-order valence-corrected chi connectivity index (χ0v) is 6.76. The molecule has 0 fully saturated rings. The zero-order valence-electron chi connectivity index (χ0n) is 6.00. The average molecular weight is 178 g/mol. The predicted molar refractivity (Wildman–Crippen MR) is 45.8 cm³/mol. The first kappa shape index (κ1) is 7.14. The van der Waals surface area contributed by atoms with Gasteiger partial charge in [0.2, 0.25) is 0 Å². The van der Waals surface area contributed by atoms with E-state index in [0.717, 1.165) is 5.52 Å². The number of H-pyrrole nitrogens is 1. The molecule has 1 N–H and O–H groups in total. The molecule has 0 spiro atoms. The molecule has 0 aliphatic rings. The fraction of sp³-hybridized carbons (Fsp3) is 0. The van der Waals surface area contributed by atoms with Crippen LogP contribution in [-0.2, 0) is 0 Å². The summed E-state index contributed by atoms with van der Waals surface area (Å²) in [6.07, 6.45) is 0. The number of hydrogen-bond donors (Lipinski definition) is 1. The summed E-state index contributed by atoms with van der Waals surface area (Å²) >= 11 is 5.87. The molecular weight excluding hydrogens is 174 g/mol. The van der Waals surface area contributed by atoms with Gasteiger partial charge < -0.3 is 0 Å². The van der Waals surface area contributed by atoms with Gasteiger partial charge in [-0.05, 0) is 12.1 Å². The van der Waals surface area contributed by atoms with Crippen LogP contribution in [0, 0.1) is 11.3 Å². The average Bonchev–Trinajstić information content (AvgIpc) is 2.49. The van der Waals surface area contributed by atoms with E-state index < -0.39 is 0 Å². The Kier molecular flexibility index (Phi) is 1.49. The number of rotatable bonds is 0. The molecule has 2 rings (SSSR count). The molecule has 1 heterocycles. The smallest absolute Gasteiger partial charge is 0.171 e. The Morgan fingerprint density at radius 3 is 3.08 bits per heavy atom. The molecule has 0 saturated heterocycles. The molecule has 1 aromatic heterocycles. The predicted octanol–water partition coefficient (Wildman–Crippen LogP) is 2.09. The fourth-order valence-electron chi connectivity index (χ4n) is 1.11. The molecule has 4 heteroatoms. The van der Waals surface area contributed by atoms with Gasteiger partial charge in [0.1, 0.15) is 6.07 Å². The second-order valence-corrected chi connectivity index (χ2v) is 2.75. The monoisotopic (exact) mass is 177 g/mol. The molecule has 0 aliphatic carbocycles. The largest absolute Gasteiger partial charge is 0.276 e. The molecule has 58 valence electrons. The normalized spacial score (nSPS) is 10.0. The summed E-state index contributed by atoms with van der Waals surface area (Å²) < 4.78 is 0. The highest BCUT2D eigenvalue weighted by Crippen LogP contribution is 2.23. The molecule has 3 nitrogen and oxygen atoms in total. The number of aromatic nitrogens is 2. The first-order valence-electron chi connectivity index (χ1n) is 3.35. The van der Waals surface area contributed by atoms with Crippen molar-refractivity contribution in [2.45, 2.75) is 0 Å². The van der Waals surface area contributed by atoms with Gasteiger partial charge in [0.05, 0.1) is 15.9 Å². The second-order valence-electron chi connectivity index (χ2n) is 2.35. The highest BCUT2D eigenvalue weighted by Gasteiger charge is 2.06. The van der Waals surface area contributed by atoms with Gasteiger partial charge in [-0.2, -0.15) is 10.4 Å². The van der Waals surface area contributed by atoms with Crippen molar-refractivity contribution in [3.8, 4) is 6.07 Å². The Bertz CT molecular complexity index is 467. The number of fused-ring (bicyclic) bond motifs is 1. The highest BCUT2D eigenvalue weighted by atomic mass is 35.5. The Labute approximate surface area is 73.6 Å². The number of halogens is 1. The minimum absolute atomic E-state index is 0.343. The number of nitrogens with one attached hydrogen (secondary N) is 1. The van der Waals surface area contributed by atoms with Crippen LogP contribution in [-0.4, -0.2) is 10.2 Å². The maximum Gasteiger partial charge on any atom is 0.171 e. The van der Waals surface area contributed by atoms with Crippen molar-refractivity contribution < 1.29 is 0 Å². The Morgan fingerprint density at radius 1 is 1.50 bits per heavy atom. The van der Waals surface area contributed by atoms with Crippen LogP contribution in [0.15, 0.2) is 18.2 Å². The molecule has 1 aromatic carbocycles. The topological polar surface area (TPSA) is 52.5 Å². The van der Waals surface area contributed by atoms with E-state index in [-0.39, 0.29) is 0 Å². The van der Waals surface area contributed by atoms with E-state index in [9.17, 15) is 0 Å². The SMILES string of the molecule is N#Cc1n[nH]c2cccc(Cl)c12. The quantitative estimate of drug-likeness (QED) is 0.670. The molecule has 0 unspecified atom stereocenters. The van der Waals surface area contributed by atoms with Gasteiger partial charge in [-0.15, -0.1) is 0 Å². The van der Waals surface area contributed by atoms with Crippen molar-refractivity contribution in [3.05, 3.63) is 28.9 Å². The summed E-state index contributed by atoms with van der Waals surface area (Å²) in [7, 11) is 0. The Morgan fingerprint density at radius 2 is 2.33 bits per heavy atom. The van der Waals surface area contributed by atoms with E-state index in [1.807, 2.05) is 18.2 Å². The van der Waals surface area contributed by atoms with Crippen molar-refractivity contribution in [2.24, 2.45) is 0 Å². The molecule has 0 atom stereocenters. The zero-order chi connectivity index (χ0) is 8.55. The van der Waals surface area contributed by atoms with Crippen LogP contribution < -0.4 is 0 Å². The van der Waals surface area contributed by atoms with Crippen LogP contribution in [0.4, 0.5) is 0 Å². The molecule has 12 heavy (non-hydrogen) atoms. The van der Waals surface area contributed by atoms with Crippen LogP contribution in [0.1, 0.15) is 5.69 Å². The van der Waals surface area contributed by atoms with Crippen LogP contribution in [0.25, 0.3) is 10.9 Å². The molecule has 0 saturated carbocycles. The number of aromatic amines is 1. The molecule has 0 bridgehead atoms. The van der Waals surface area contributed by atoms with Crippen molar-refractivity contribution in [1.82, 2.24) is 10.2 Å². The lowest BCUT2D eigenvalue weighted by Gasteiger charge is -1.90. The van der Waals surface area contributed by atoms with Crippen LogP contribution in [0.5, 0.6) is 0 Å². The van der Waals surface area contributed by atoms with Crippen molar-refractivity contribution in [1.29, 1.82) is 5.26 Å². The van der Waals surface area contributed by atoms with Crippen LogP contribution in [0.2, 0.25) is 5.02 Å². The lowest BCUT2D eigenvalue weighted by atomic mass is 10.2. The lowest BCUT2D eigenvalue weighted by Crippen LogP contribution is -1.73. The third-order valence-corrected chi connectivity index (χ3v) is 1.96. The number of hydrogen-bond acceptors (Lipinski definition) is 2. The minimum Gasteiger partial charge on any atom is -0.276 e. The summed E-state index contributed by atoms with van der Waals surface area (Å²) in [6, 6.07) is 7.34. The molecule has 0 amide bonds. The van der Waals surface area contributed by atoms with E-state index in [1.165, 1.54) is 0 Å². The van der Waals surface area contributed by atoms with E-state index in [1.54, 1.807) is 6.07 Å². The van der Waals surface area contributed by atoms with E-state index >= 15 is 0 Å². The molecule has 0 aliphatic heterocycles. The van der Waals surface area contributed by atoms with Crippen molar-refractivity contribution >= 4 is 22.5 Å². The van der Waals surface area contributed by atoms with Gasteiger partial charge in [0, 0.05) is 0 Å². The van der Waals surface area contributed by atoms with Crippen molar-refractivity contribution in [2.75, 3.05) is 0 Å². The van der Waals surface area contributed by atoms with E-state index in [4.69, 9.17) is 16.9 Å². The summed E-state index contributed by atoms with van der Waals surface area (Å²) in [6.45, 7) is 0.